The summed E-state index contributed by atoms with van der Waals surface area (Å²) in [5.74, 6) is 0. The molecule has 1 nitrogen and oxygen atoms in total. The fraction of sp³-hybridized carbons (Fsp3) is 0.125. The van der Waals surface area contributed by atoms with Gasteiger partial charge < -0.3 is 0 Å². The van der Waals surface area contributed by atoms with Crippen LogP contribution in [0.1, 0.15) is 11.1 Å². The van der Waals surface area contributed by atoms with Crippen molar-refractivity contribution < 1.29 is 0 Å². The van der Waals surface area contributed by atoms with Crippen LogP contribution in [0.2, 0.25) is 5.02 Å². The summed E-state index contributed by atoms with van der Waals surface area (Å²) >= 11 is 9.36. The summed E-state index contributed by atoms with van der Waals surface area (Å²) in [6, 6.07) is 3.99. The minimum Gasteiger partial charge on any atom is -0.288 e. The molecule has 1 aliphatic heterocycles. The summed E-state index contributed by atoms with van der Waals surface area (Å²) in [4.78, 5) is 4.12. The fourth-order valence-corrected chi connectivity index (χ4v) is 1.70. The second-order valence-electron chi connectivity index (χ2n) is 2.40. The number of benzene rings is 1. The molecule has 0 bridgehead atoms. The first-order chi connectivity index (χ1) is 5.29. The summed E-state index contributed by atoms with van der Waals surface area (Å²) in [5.41, 5.74) is 2.26. The van der Waals surface area contributed by atoms with Gasteiger partial charge in [0.2, 0.25) is 0 Å². The summed E-state index contributed by atoms with van der Waals surface area (Å²) in [5, 5.41) is 0.767. The highest BCUT2D eigenvalue weighted by Crippen LogP contribution is 2.30. The van der Waals surface area contributed by atoms with Gasteiger partial charge in [0.05, 0.1) is 11.6 Å². The lowest BCUT2D eigenvalue weighted by Crippen LogP contribution is -1.85. The number of rotatable bonds is 0. The molecule has 1 aliphatic rings. The van der Waals surface area contributed by atoms with Crippen LogP contribution in [0.5, 0.6) is 0 Å². The summed E-state index contributed by atoms with van der Waals surface area (Å²) < 4.78 is 0.936. The molecule has 56 valence electrons. The molecule has 0 fully saturated rings. The molecule has 0 saturated carbocycles. The van der Waals surface area contributed by atoms with Crippen LogP contribution in [0, 0.1) is 0 Å². The summed E-state index contributed by atoms with van der Waals surface area (Å²) in [6.07, 6.45) is 1.82. The van der Waals surface area contributed by atoms with Gasteiger partial charge in [0.15, 0.2) is 0 Å². The largest absolute Gasteiger partial charge is 0.288 e. The summed E-state index contributed by atoms with van der Waals surface area (Å²) in [6.45, 7) is 0.766. The number of aliphatic imine (C=N–C) groups is 1. The first-order valence-electron chi connectivity index (χ1n) is 3.26. The van der Waals surface area contributed by atoms with Crippen LogP contribution in [0.15, 0.2) is 21.6 Å². The van der Waals surface area contributed by atoms with Crippen LogP contribution in [0.4, 0.5) is 0 Å². The second-order valence-corrected chi connectivity index (χ2v) is 3.64. The molecule has 0 radical (unpaired) electrons. The molecule has 1 aromatic rings. The fourth-order valence-electron chi connectivity index (χ4n) is 1.12. The van der Waals surface area contributed by atoms with Gasteiger partial charge in [-0.15, -0.1) is 0 Å². The smallest absolute Gasteiger partial charge is 0.0646 e. The van der Waals surface area contributed by atoms with Gasteiger partial charge in [0.1, 0.15) is 0 Å². The standard InChI is InChI=1S/C8H5BrClN/c9-7-2-1-5-3-11-4-6(5)8(7)10/h1-2,4H,3H2. The maximum Gasteiger partial charge on any atom is 0.0646 e. The van der Waals surface area contributed by atoms with Crippen molar-refractivity contribution in [3.63, 3.8) is 0 Å². The average Bonchev–Trinajstić information content (AvgIpc) is 2.45. The van der Waals surface area contributed by atoms with E-state index >= 15 is 0 Å². The average molecular weight is 230 g/mol. The zero-order chi connectivity index (χ0) is 7.84. The molecule has 0 aliphatic carbocycles. The predicted octanol–water partition coefficient (Wildman–Crippen LogP) is 3.04. The molecule has 0 unspecified atom stereocenters. The maximum atomic E-state index is 6.00. The van der Waals surface area contributed by atoms with Crippen LogP contribution in [0.25, 0.3) is 0 Å². The Labute approximate surface area is 78.2 Å². The molecule has 0 aromatic heterocycles. The molecule has 2 rings (SSSR count). The van der Waals surface area contributed by atoms with Crippen molar-refractivity contribution in [3.05, 3.63) is 32.8 Å². The second kappa shape index (κ2) is 2.61. The van der Waals surface area contributed by atoms with Crippen molar-refractivity contribution in [1.82, 2.24) is 0 Å². The van der Waals surface area contributed by atoms with Crippen molar-refractivity contribution in [2.75, 3.05) is 0 Å². The highest BCUT2D eigenvalue weighted by Gasteiger charge is 2.11. The molecule has 1 aromatic carbocycles. The Kier molecular flexibility index (Phi) is 1.74. The van der Waals surface area contributed by atoms with Crippen LogP contribution in [-0.4, -0.2) is 6.21 Å². The van der Waals surface area contributed by atoms with Gasteiger partial charge in [-0.25, -0.2) is 0 Å². The number of hydrogen-bond donors (Lipinski definition) is 0. The Morgan fingerprint density at radius 2 is 2.27 bits per heavy atom. The molecule has 0 N–H and O–H groups in total. The lowest BCUT2D eigenvalue weighted by molar-refractivity contribution is 1.11. The SMILES string of the molecule is Clc1c(Br)ccc2c1C=NC2. The van der Waals surface area contributed by atoms with Crippen molar-refractivity contribution in [3.8, 4) is 0 Å². The third-order valence-corrected chi connectivity index (χ3v) is 3.00. The molecule has 0 amide bonds. The molecular weight excluding hydrogens is 225 g/mol. The molecule has 1 heterocycles. The van der Waals surface area contributed by atoms with E-state index in [4.69, 9.17) is 11.6 Å². The van der Waals surface area contributed by atoms with Crippen LogP contribution < -0.4 is 0 Å². The molecule has 0 saturated heterocycles. The van der Waals surface area contributed by atoms with Crippen molar-refractivity contribution in [1.29, 1.82) is 0 Å². The van der Waals surface area contributed by atoms with Crippen LogP contribution >= 0.6 is 27.5 Å². The minimum atomic E-state index is 0.766. The van der Waals surface area contributed by atoms with Gasteiger partial charge in [-0.1, -0.05) is 17.7 Å². The third-order valence-electron chi connectivity index (χ3n) is 1.70. The van der Waals surface area contributed by atoms with Crippen molar-refractivity contribution in [2.45, 2.75) is 6.54 Å². The lowest BCUT2D eigenvalue weighted by atomic mass is 10.1. The van der Waals surface area contributed by atoms with E-state index in [0.717, 1.165) is 21.6 Å². The van der Waals surface area contributed by atoms with Crippen molar-refractivity contribution in [2.24, 2.45) is 4.99 Å². The number of nitrogens with zero attached hydrogens (tertiary/aromatic N) is 1. The lowest BCUT2D eigenvalue weighted by Gasteiger charge is -2.00. The Hall–Kier alpha value is -0.340. The van der Waals surface area contributed by atoms with E-state index in [-0.39, 0.29) is 0 Å². The number of fused-ring (bicyclic) bond motifs is 1. The normalized spacial score (nSPS) is 13.6. The summed E-state index contributed by atoms with van der Waals surface area (Å²) in [7, 11) is 0. The van der Waals surface area contributed by atoms with Gasteiger partial charge in [0.25, 0.3) is 0 Å². The van der Waals surface area contributed by atoms with Gasteiger partial charge in [-0.05, 0) is 27.6 Å². The highest BCUT2D eigenvalue weighted by molar-refractivity contribution is 9.10. The monoisotopic (exact) mass is 229 g/mol. The number of hydrogen-bond acceptors (Lipinski definition) is 1. The molecule has 0 spiro atoms. The Morgan fingerprint density at radius 1 is 1.45 bits per heavy atom. The molecule has 0 atom stereocenters. The van der Waals surface area contributed by atoms with Gasteiger partial charge in [-0.3, -0.25) is 4.99 Å². The van der Waals surface area contributed by atoms with E-state index in [9.17, 15) is 0 Å². The van der Waals surface area contributed by atoms with Crippen LogP contribution in [-0.2, 0) is 6.54 Å². The van der Waals surface area contributed by atoms with E-state index in [1.807, 2.05) is 18.3 Å². The molecule has 11 heavy (non-hydrogen) atoms. The quantitative estimate of drug-likeness (QED) is 0.650. The van der Waals surface area contributed by atoms with Gasteiger partial charge >= 0.3 is 0 Å². The van der Waals surface area contributed by atoms with Crippen molar-refractivity contribution >= 4 is 33.7 Å². The van der Waals surface area contributed by atoms with E-state index in [1.165, 1.54) is 5.56 Å². The van der Waals surface area contributed by atoms with Gasteiger partial charge in [-0.2, -0.15) is 0 Å². The van der Waals surface area contributed by atoms with Gasteiger partial charge in [0, 0.05) is 16.3 Å². The maximum absolute atomic E-state index is 6.00. The molecular formula is C8H5BrClN. The van der Waals surface area contributed by atoms with E-state index in [0.29, 0.717) is 0 Å². The predicted molar refractivity (Wildman–Crippen MR) is 50.5 cm³/mol. The first kappa shape index (κ1) is 7.32. The topological polar surface area (TPSA) is 12.4 Å². The number of halogens is 2. The first-order valence-corrected chi connectivity index (χ1v) is 4.43. The zero-order valence-electron chi connectivity index (χ0n) is 5.64. The minimum absolute atomic E-state index is 0.766. The Balaban J connectivity index is 2.70. The van der Waals surface area contributed by atoms with Crippen LogP contribution in [0.3, 0.4) is 0 Å². The zero-order valence-corrected chi connectivity index (χ0v) is 7.98. The Bertz CT molecular complexity index is 333. The van der Waals surface area contributed by atoms with E-state index in [1.54, 1.807) is 0 Å². The van der Waals surface area contributed by atoms with E-state index < -0.39 is 0 Å². The Morgan fingerprint density at radius 3 is 3.09 bits per heavy atom. The molecule has 3 heteroatoms. The highest BCUT2D eigenvalue weighted by atomic mass is 79.9. The van der Waals surface area contributed by atoms with E-state index in [2.05, 4.69) is 20.9 Å². The third kappa shape index (κ3) is 1.10.